The molecule has 1 aromatic heterocycles. The summed E-state index contributed by atoms with van der Waals surface area (Å²) in [5, 5.41) is 1.02. The second-order valence-corrected chi connectivity index (χ2v) is 8.49. The van der Waals surface area contributed by atoms with Gasteiger partial charge in [-0.15, -0.1) is 0 Å². The van der Waals surface area contributed by atoms with Crippen molar-refractivity contribution in [3.63, 3.8) is 0 Å². The molecule has 5 nitrogen and oxygen atoms in total. The molecule has 168 valence electrons. The van der Waals surface area contributed by atoms with Gasteiger partial charge in [0.1, 0.15) is 5.75 Å². The second kappa shape index (κ2) is 9.92. The third-order valence-electron chi connectivity index (χ3n) is 6.28. The normalized spacial score (nSPS) is 14.5. The van der Waals surface area contributed by atoms with E-state index in [1.54, 1.807) is 6.07 Å². The lowest BCUT2D eigenvalue weighted by Gasteiger charge is -2.36. The van der Waals surface area contributed by atoms with Crippen molar-refractivity contribution in [3.8, 4) is 16.9 Å². The van der Waals surface area contributed by atoms with Gasteiger partial charge >= 0.3 is 0 Å². The molecule has 0 saturated carbocycles. The van der Waals surface area contributed by atoms with Gasteiger partial charge in [0.25, 0.3) is 0 Å². The van der Waals surface area contributed by atoms with Crippen molar-refractivity contribution >= 4 is 16.6 Å². The van der Waals surface area contributed by atoms with Crippen molar-refractivity contribution in [2.45, 2.75) is 6.42 Å². The minimum Gasteiger partial charge on any atom is -0.493 e. The Hall–Kier alpha value is -3.57. The van der Waals surface area contributed by atoms with Gasteiger partial charge < -0.3 is 14.6 Å². The summed E-state index contributed by atoms with van der Waals surface area (Å²) in [6.45, 7) is 5.97. The number of nitrogens with zero attached hydrogens (tertiary/aromatic N) is 2. The number of nitrogens with one attached hydrogen (secondary N) is 1. The molecule has 5 heteroatoms. The summed E-state index contributed by atoms with van der Waals surface area (Å²) in [5.74, 6) is 0.789. The second-order valence-electron chi connectivity index (χ2n) is 8.49. The van der Waals surface area contributed by atoms with Crippen LogP contribution in [-0.2, 0) is 0 Å². The fourth-order valence-electron chi connectivity index (χ4n) is 4.53. The summed E-state index contributed by atoms with van der Waals surface area (Å²) in [6.07, 6.45) is 0.976. The number of benzene rings is 3. The van der Waals surface area contributed by atoms with Crippen molar-refractivity contribution in [2.24, 2.45) is 0 Å². The summed E-state index contributed by atoms with van der Waals surface area (Å²) < 4.78 is 6.02. The highest BCUT2D eigenvalue weighted by Crippen LogP contribution is 2.28. The lowest BCUT2D eigenvalue weighted by Crippen LogP contribution is -2.46. The third kappa shape index (κ3) is 5.10. The molecule has 0 atom stereocenters. The van der Waals surface area contributed by atoms with Crippen LogP contribution >= 0.6 is 0 Å². The van der Waals surface area contributed by atoms with E-state index in [1.165, 1.54) is 5.69 Å². The number of hydrogen-bond acceptors (Lipinski definition) is 4. The van der Waals surface area contributed by atoms with E-state index in [0.29, 0.717) is 6.61 Å². The topological polar surface area (TPSA) is 48.6 Å². The van der Waals surface area contributed by atoms with Crippen LogP contribution in [0, 0.1) is 0 Å². The Balaban J connectivity index is 1.15. The number of hydrogen-bond donors (Lipinski definition) is 1. The number of fused-ring (bicyclic) bond motifs is 1. The number of aromatic amines is 1. The molecule has 1 aliphatic rings. The van der Waals surface area contributed by atoms with Crippen LogP contribution in [0.25, 0.3) is 22.0 Å². The first-order valence-corrected chi connectivity index (χ1v) is 11.6. The van der Waals surface area contributed by atoms with E-state index in [4.69, 9.17) is 4.74 Å². The van der Waals surface area contributed by atoms with E-state index in [-0.39, 0.29) is 5.56 Å². The van der Waals surface area contributed by atoms with Gasteiger partial charge in [0.15, 0.2) is 0 Å². The van der Waals surface area contributed by atoms with Crippen LogP contribution in [0.4, 0.5) is 5.69 Å². The average Bonchev–Trinajstić information content (AvgIpc) is 2.87. The van der Waals surface area contributed by atoms with E-state index in [0.717, 1.165) is 66.9 Å². The van der Waals surface area contributed by atoms with Crippen molar-refractivity contribution in [1.29, 1.82) is 0 Å². The number of para-hydroxylation sites is 1. The molecular weight excluding hydrogens is 410 g/mol. The van der Waals surface area contributed by atoms with Crippen LogP contribution in [0.5, 0.6) is 5.75 Å². The first-order chi connectivity index (χ1) is 16.3. The van der Waals surface area contributed by atoms with Gasteiger partial charge in [0.2, 0.25) is 5.56 Å². The Morgan fingerprint density at radius 2 is 1.55 bits per heavy atom. The third-order valence-corrected chi connectivity index (χ3v) is 6.28. The highest BCUT2D eigenvalue weighted by Gasteiger charge is 2.16. The van der Waals surface area contributed by atoms with E-state index in [9.17, 15) is 4.79 Å². The first-order valence-electron chi connectivity index (χ1n) is 11.6. The Kier molecular flexibility index (Phi) is 6.40. The molecule has 0 amide bonds. The molecule has 1 saturated heterocycles. The average molecular weight is 440 g/mol. The molecule has 1 fully saturated rings. The van der Waals surface area contributed by atoms with Crippen molar-refractivity contribution in [3.05, 3.63) is 95.3 Å². The fraction of sp³-hybridized carbons (Fsp3) is 0.250. The number of H-pyrrole nitrogens is 1. The summed E-state index contributed by atoms with van der Waals surface area (Å²) in [7, 11) is 0. The molecule has 5 rings (SSSR count). The number of aromatic nitrogens is 1. The molecule has 4 aromatic rings. The number of anilines is 1. The maximum atomic E-state index is 12.2. The predicted molar refractivity (Wildman–Crippen MR) is 135 cm³/mol. The maximum absolute atomic E-state index is 12.2. The van der Waals surface area contributed by atoms with Gasteiger partial charge in [0, 0.05) is 55.9 Å². The van der Waals surface area contributed by atoms with Crippen LogP contribution in [0.3, 0.4) is 0 Å². The Morgan fingerprint density at radius 1 is 0.818 bits per heavy atom. The zero-order valence-electron chi connectivity index (χ0n) is 18.7. The SMILES string of the molecule is O=c1cc(-c2ccccc2)c2ccc(OCCCN3CCN(c4ccccc4)CC3)cc2[nH]1. The number of ether oxygens (including phenoxy) is 1. The number of rotatable bonds is 7. The van der Waals surface area contributed by atoms with E-state index >= 15 is 0 Å². The molecule has 0 unspecified atom stereocenters. The van der Waals surface area contributed by atoms with Crippen molar-refractivity contribution in [2.75, 3.05) is 44.2 Å². The molecule has 0 radical (unpaired) electrons. The van der Waals surface area contributed by atoms with E-state index in [1.807, 2.05) is 48.5 Å². The lowest BCUT2D eigenvalue weighted by atomic mass is 10.0. The zero-order valence-corrected chi connectivity index (χ0v) is 18.7. The Morgan fingerprint density at radius 3 is 2.30 bits per heavy atom. The minimum atomic E-state index is -0.104. The summed E-state index contributed by atoms with van der Waals surface area (Å²) in [4.78, 5) is 20.1. The first kappa shape index (κ1) is 21.3. The Bertz CT molecular complexity index is 1250. The highest BCUT2D eigenvalue weighted by molar-refractivity contribution is 5.94. The Labute approximate surface area is 194 Å². The largest absolute Gasteiger partial charge is 0.493 e. The quantitative estimate of drug-likeness (QED) is 0.421. The molecule has 3 aromatic carbocycles. The van der Waals surface area contributed by atoms with Crippen LogP contribution in [-0.4, -0.2) is 49.2 Å². The molecular formula is C28H29N3O2. The molecule has 0 bridgehead atoms. The highest BCUT2D eigenvalue weighted by atomic mass is 16.5. The van der Waals surface area contributed by atoms with Crippen LogP contribution in [0.1, 0.15) is 6.42 Å². The monoisotopic (exact) mass is 439 g/mol. The number of piperazine rings is 1. The summed E-state index contributed by atoms with van der Waals surface area (Å²) >= 11 is 0. The standard InChI is InChI=1S/C28H29N3O2/c32-28-21-26(22-8-3-1-4-9-22)25-13-12-24(20-27(25)29-28)33-19-7-14-30-15-17-31(18-16-30)23-10-5-2-6-11-23/h1-6,8-13,20-21H,7,14-19H2,(H,29,32). The van der Waals surface area contributed by atoms with E-state index in [2.05, 4.69) is 45.1 Å². The smallest absolute Gasteiger partial charge is 0.249 e. The van der Waals surface area contributed by atoms with Gasteiger partial charge in [-0.3, -0.25) is 9.69 Å². The molecule has 33 heavy (non-hydrogen) atoms. The number of pyridine rings is 1. The van der Waals surface area contributed by atoms with E-state index < -0.39 is 0 Å². The van der Waals surface area contributed by atoms with Crippen LogP contribution in [0.2, 0.25) is 0 Å². The van der Waals surface area contributed by atoms with Crippen molar-refractivity contribution < 1.29 is 4.74 Å². The predicted octanol–water partition coefficient (Wildman–Crippen LogP) is 4.79. The van der Waals surface area contributed by atoms with Gasteiger partial charge in [-0.2, -0.15) is 0 Å². The summed E-state index contributed by atoms with van der Waals surface area (Å²) in [6, 6.07) is 28.3. The molecule has 0 spiro atoms. The van der Waals surface area contributed by atoms with Crippen LogP contribution < -0.4 is 15.2 Å². The van der Waals surface area contributed by atoms with Crippen LogP contribution in [0.15, 0.2) is 89.7 Å². The van der Waals surface area contributed by atoms with Gasteiger partial charge in [-0.05, 0) is 41.8 Å². The van der Waals surface area contributed by atoms with Gasteiger partial charge in [-0.25, -0.2) is 0 Å². The minimum absolute atomic E-state index is 0.104. The lowest BCUT2D eigenvalue weighted by molar-refractivity contribution is 0.225. The molecule has 0 aliphatic carbocycles. The van der Waals surface area contributed by atoms with Gasteiger partial charge in [-0.1, -0.05) is 48.5 Å². The summed E-state index contributed by atoms with van der Waals surface area (Å²) in [5.41, 5.74) is 3.99. The fourth-order valence-corrected chi connectivity index (χ4v) is 4.53. The molecule has 1 N–H and O–H groups in total. The van der Waals surface area contributed by atoms with Gasteiger partial charge in [0.05, 0.1) is 12.1 Å². The molecule has 2 heterocycles. The van der Waals surface area contributed by atoms with Crippen molar-refractivity contribution in [1.82, 2.24) is 9.88 Å². The maximum Gasteiger partial charge on any atom is 0.249 e. The molecule has 1 aliphatic heterocycles. The zero-order chi connectivity index (χ0) is 22.5.